The van der Waals surface area contributed by atoms with Gasteiger partial charge < -0.3 is 0 Å². The van der Waals surface area contributed by atoms with Crippen molar-refractivity contribution in [2.45, 2.75) is 25.1 Å². The minimum Gasteiger partial charge on any atom is -0.207 e. The fourth-order valence-electron chi connectivity index (χ4n) is 3.21. The third-order valence-corrected chi connectivity index (χ3v) is 5.96. The molecular weight excluding hydrogens is 363 g/mol. The lowest BCUT2D eigenvalue weighted by molar-refractivity contribution is -0.138. The molecule has 0 saturated carbocycles. The van der Waals surface area contributed by atoms with Crippen molar-refractivity contribution in [1.29, 1.82) is 0 Å². The number of hydrogen-bond acceptors (Lipinski definition) is 2. The van der Waals surface area contributed by atoms with Crippen LogP contribution in [-0.2, 0) is 16.2 Å². The van der Waals surface area contributed by atoms with Gasteiger partial charge in [-0.25, -0.2) is 8.42 Å². The number of halogens is 3. The highest BCUT2D eigenvalue weighted by atomic mass is 32.2. The Morgan fingerprint density at radius 1 is 1.00 bits per heavy atom. The standard InChI is InChI=1S/C19H18F3NO2S/c20-19(21,22)17-10-5-4-9-16(17)18-11-6-13-23(18)26(24,25)14-12-15-7-2-1-3-8-15/h1-5,7-10,12,14,18H,6,11,13H2/b14-12+. The van der Waals surface area contributed by atoms with Gasteiger partial charge in [0.15, 0.2) is 0 Å². The Labute approximate surface area is 150 Å². The summed E-state index contributed by atoms with van der Waals surface area (Å²) in [5.41, 5.74) is -0.0594. The number of rotatable bonds is 4. The molecule has 1 aliphatic heterocycles. The summed E-state index contributed by atoms with van der Waals surface area (Å²) in [6, 6.07) is 13.3. The summed E-state index contributed by atoms with van der Waals surface area (Å²) >= 11 is 0. The third kappa shape index (κ3) is 3.99. The van der Waals surface area contributed by atoms with Gasteiger partial charge in [0, 0.05) is 12.0 Å². The predicted molar refractivity (Wildman–Crippen MR) is 94.5 cm³/mol. The first-order valence-corrected chi connectivity index (χ1v) is 9.70. The summed E-state index contributed by atoms with van der Waals surface area (Å²) < 4.78 is 66.5. The van der Waals surface area contributed by atoms with E-state index in [1.54, 1.807) is 24.3 Å². The van der Waals surface area contributed by atoms with E-state index in [0.717, 1.165) is 15.8 Å². The molecule has 1 saturated heterocycles. The van der Waals surface area contributed by atoms with Crippen molar-refractivity contribution in [3.05, 3.63) is 76.7 Å². The Bertz CT molecular complexity index is 893. The number of sulfonamides is 1. The summed E-state index contributed by atoms with van der Waals surface area (Å²) in [5.74, 6) is 0. The first-order chi connectivity index (χ1) is 12.3. The van der Waals surface area contributed by atoms with Gasteiger partial charge in [0.2, 0.25) is 10.0 Å². The van der Waals surface area contributed by atoms with Crippen LogP contribution in [0, 0.1) is 0 Å². The van der Waals surface area contributed by atoms with Crippen molar-refractivity contribution in [3.63, 3.8) is 0 Å². The lowest BCUT2D eigenvalue weighted by Gasteiger charge is -2.25. The van der Waals surface area contributed by atoms with Crippen LogP contribution in [0.15, 0.2) is 60.0 Å². The van der Waals surface area contributed by atoms with E-state index in [0.29, 0.717) is 18.4 Å². The number of benzene rings is 2. The van der Waals surface area contributed by atoms with Crippen molar-refractivity contribution >= 4 is 16.1 Å². The first-order valence-electron chi connectivity index (χ1n) is 8.20. The van der Waals surface area contributed by atoms with Crippen LogP contribution in [0.3, 0.4) is 0 Å². The Morgan fingerprint density at radius 3 is 2.35 bits per heavy atom. The molecule has 1 unspecified atom stereocenters. The highest BCUT2D eigenvalue weighted by Crippen LogP contribution is 2.41. The first kappa shape index (κ1) is 18.7. The molecule has 26 heavy (non-hydrogen) atoms. The van der Waals surface area contributed by atoms with E-state index in [-0.39, 0.29) is 12.1 Å². The second-order valence-corrected chi connectivity index (χ2v) is 7.88. The summed E-state index contributed by atoms with van der Waals surface area (Å²) in [6.45, 7) is 0.207. The molecule has 2 aromatic rings. The molecule has 7 heteroatoms. The summed E-state index contributed by atoms with van der Waals surface area (Å²) in [5, 5.41) is 1.07. The molecule has 1 heterocycles. The fourth-order valence-corrected chi connectivity index (χ4v) is 4.65. The van der Waals surface area contributed by atoms with Crippen LogP contribution >= 0.6 is 0 Å². The molecule has 0 spiro atoms. The van der Waals surface area contributed by atoms with E-state index in [2.05, 4.69) is 0 Å². The molecule has 1 aliphatic rings. The maximum absolute atomic E-state index is 13.3. The topological polar surface area (TPSA) is 37.4 Å². The molecule has 3 rings (SSSR count). The summed E-state index contributed by atoms with van der Waals surface area (Å²) in [7, 11) is -3.83. The monoisotopic (exact) mass is 381 g/mol. The van der Waals surface area contributed by atoms with Crippen LogP contribution in [0.2, 0.25) is 0 Å². The van der Waals surface area contributed by atoms with Gasteiger partial charge in [-0.2, -0.15) is 17.5 Å². The van der Waals surface area contributed by atoms with Crippen molar-refractivity contribution in [1.82, 2.24) is 4.31 Å². The maximum Gasteiger partial charge on any atom is 0.416 e. The van der Waals surface area contributed by atoms with E-state index in [1.165, 1.54) is 24.3 Å². The van der Waals surface area contributed by atoms with Gasteiger partial charge >= 0.3 is 6.18 Å². The highest BCUT2D eigenvalue weighted by molar-refractivity contribution is 7.92. The van der Waals surface area contributed by atoms with Gasteiger partial charge in [0.25, 0.3) is 0 Å². The third-order valence-electron chi connectivity index (χ3n) is 4.39. The predicted octanol–water partition coefficient (Wildman–Crippen LogP) is 4.84. The fraction of sp³-hybridized carbons (Fsp3) is 0.263. The van der Waals surface area contributed by atoms with Gasteiger partial charge in [-0.15, -0.1) is 0 Å². The Hall–Kier alpha value is -2.12. The molecule has 2 aromatic carbocycles. The van der Waals surface area contributed by atoms with Gasteiger partial charge in [-0.1, -0.05) is 48.5 Å². The van der Waals surface area contributed by atoms with E-state index >= 15 is 0 Å². The highest BCUT2D eigenvalue weighted by Gasteiger charge is 2.40. The van der Waals surface area contributed by atoms with Gasteiger partial charge in [-0.05, 0) is 36.1 Å². The lowest BCUT2D eigenvalue weighted by atomic mass is 9.99. The van der Waals surface area contributed by atoms with Gasteiger partial charge in [-0.3, -0.25) is 0 Å². The van der Waals surface area contributed by atoms with Crippen molar-refractivity contribution < 1.29 is 21.6 Å². The Kier molecular flexibility index (Phi) is 5.20. The Morgan fingerprint density at radius 2 is 1.65 bits per heavy atom. The van der Waals surface area contributed by atoms with E-state index in [1.807, 2.05) is 6.07 Å². The lowest BCUT2D eigenvalue weighted by Crippen LogP contribution is -2.30. The van der Waals surface area contributed by atoms with Crippen LogP contribution in [0.4, 0.5) is 13.2 Å². The van der Waals surface area contributed by atoms with Crippen LogP contribution in [0.25, 0.3) is 6.08 Å². The SMILES string of the molecule is O=S(=O)(/C=C/c1ccccc1)N1CCCC1c1ccccc1C(F)(F)F. The van der Waals surface area contributed by atoms with Crippen LogP contribution < -0.4 is 0 Å². The second kappa shape index (κ2) is 7.25. The average Bonchev–Trinajstić information content (AvgIpc) is 3.11. The van der Waals surface area contributed by atoms with Crippen LogP contribution in [0.5, 0.6) is 0 Å². The molecule has 0 aliphatic carbocycles. The summed E-state index contributed by atoms with van der Waals surface area (Å²) in [4.78, 5) is 0. The molecule has 138 valence electrons. The normalized spacial score (nSPS) is 19.3. The van der Waals surface area contributed by atoms with Gasteiger partial charge in [0.1, 0.15) is 0 Å². The van der Waals surface area contributed by atoms with Crippen LogP contribution in [-0.4, -0.2) is 19.3 Å². The second-order valence-electron chi connectivity index (χ2n) is 6.11. The number of nitrogens with zero attached hydrogens (tertiary/aromatic N) is 1. The quantitative estimate of drug-likeness (QED) is 0.760. The summed E-state index contributed by atoms with van der Waals surface area (Å²) in [6.07, 6.45) is -2.17. The van der Waals surface area contributed by atoms with Crippen molar-refractivity contribution in [2.75, 3.05) is 6.54 Å². The smallest absolute Gasteiger partial charge is 0.207 e. The average molecular weight is 381 g/mol. The minimum absolute atomic E-state index is 0.00851. The molecule has 0 N–H and O–H groups in total. The van der Waals surface area contributed by atoms with E-state index < -0.39 is 27.8 Å². The minimum atomic E-state index is -4.52. The molecule has 1 atom stereocenters. The van der Waals surface area contributed by atoms with Crippen molar-refractivity contribution in [2.24, 2.45) is 0 Å². The molecule has 3 nitrogen and oxygen atoms in total. The van der Waals surface area contributed by atoms with Crippen LogP contribution in [0.1, 0.15) is 35.6 Å². The molecule has 0 bridgehead atoms. The number of alkyl halides is 3. The van der Waals surface area contributed by atoms with Gasteiger partial charge in [0.05, 0.1) is 11.6 Å². The molecule has 1 fully saturated rings. The van der Waals surface area contributed by atoms with E-state index in [4.69, 9.17) is 0 Å². The van der Waals surface area contributed by atoms with Crippen molar-refractivity contribution in [3.8, 4) is 0 Å². The maximum atomic E-state index is 13.3. The zero-order chi connectivity index (χ0) is 18.8. The molecule has 0 aromatic heterocycles. The zero-order valence-electron chi connectivity index (χ0n) is 13.9. The molecule has 0 radical (unpaired) electrons. The molecule has 0 amide bonds. The molecular formula is C19H18F3NO2S. The Balaban J connectivity index is 1.93. The largest absolute Gasteiger partial charge is 0.416 e. The van der Waals surface area contributed by atoms with E-state index in [9.17, 15) is 21.6 Å². The number of hydrogen-bond donors (Lipinski definition) is 0. The zero-order valence-corrected chi connectivity index (χ0v) is 14.7.